The number of nitrogens with one attached hydrogen (secondary N) is 3. The lowest BCUT2D eigenvalue weighted by atomic mass is 9.68. The Morgan fingerprint density at radius 1 is 0.629 bits per heavy atom. The summed E-state index contributed by atoms with van der Waals surface area (Å²) in [5, 5.41) is 51.4. The first kappa shape index (κ1) is 65.9. The van der Waals surface area contributed by atoms with Crippen LogP contribution in [0.3, 0.4) is 0 Å². The maximum absolute atomic E-state index is 13.7. The Morgan fingerprint density at radius 3 is 1.33 bits per heavy atom. The molecule has 6 aromatic rings. The third-order valence-corrected chi connectivity index (χ3v) is 15.8. The van der Waals surface area contributed by atoms with E-state index in [1.165, 1.54) is 0 Å². The first-order valence-electron chi connectivity index (χ1n) is 28.1. The highest BCUT2D eigenvalue weighted by atomic mass is 19.4. The Bertz CT molecular complexity index is 3600. The maximum atomic E-state index is 13.7. The number of alkyl carbamates (subject to hydrolysis) is 1. The molecule has 4 fully saturated rings. The number of hydrogen-bond acceptors (Lipinski definition) is 14. The molecule has 0 radical (unpaired) electrons. The third kappa shape index (κ3) is 15.8. The molecule has 4 aliphatic rings. The number of nitrogens with zero attached hydrogens (tertiary/aromatic N) is 8. The zero-order valence-electron chi connectivity index (χ0n) is 49.1. The highest BCUT2D eigenvalue weighted by Gasteiger charge is 2.56. The van der Waals surface area contributed by atoms with Crippen LogP contribution in [0, 0.1) is 69.6 Å². The van der Waals surface area contributed by atoms with Gasteiger partial charge in [0, 0.05) is 147 Å². The van der Waals surface area contributed by atoms with Gasteiger partial charge in [0.25, 0.3) is 0 Å². The second-order valence-electron chi connectivity index (χ2n) is 23.4. The zero-order chi connectivity index (χ0) is 64.8. The number of fused-ring (bicyclic) bond motifs is 4. The molecule has 0 saturated carbocycles. The van der Waals surface area contributed by atoms with Gasteiger partial charge in [-0.15, -0.1) is 0 Å². The van der Waals surface area contributed by atoms with Gasteiger partial charge >= 0.3 is 24.3 Å². The van der Waals surface area contributed by atoms with Crippen molar-refractivity contribution in [3.8, 4) is 34.4 Å². The van der Waals surface area contributed by atoms with E-state index in [9.17, 15) is 65.9 Å². The highest BCUT2D eigenvalue weighted by Crippen LogP contribution is 2.46. The number of urea groups is 2. The van der Waals surface area contributed by atoms with Gasteiger partial charge < -0.3 is 56.2 Å². The summed E-state index contributed by atoms with van der Waals surface area (Å²) in [5.41, 5.74) is 8.84. The second-order valence-corrected chi connectivity index (χ2v) is 23.4. The molecule has 0 spiro atoms. The predicted molar refractivity (Wildman–Crippen MR) is 313 cm³/mol. The number of nitrogens with two attached hydrogens (primary N) is 1. The predicted octanol–water partition coefficient (Wildman–Crippen LogP) is 8.85. The number of aliphatic hydroxyl groups is 2. The monoisotopic (exact) mass is 1230 g/mol. The molecule has 4 aromatic carbocycles. The largest absolute Gasteiger partial charge is 0.446 e. The lowest BCUT2D eigenvalue weighted by Gasteiger charge is -2.54. The minimum atomic E-state index is -4.64. The molecular weight excluding hydrogens is 1170 g/mol. The summed E-state index contributed by atoms with van der Waals surface area (Å²) in [6.07, 6.45) is -2.97. The summed E-state index contributed by atoms with van der Waals surface area (Å²) in [4.78, 5) is 63.4. The molecule has 6 heterocycles. The lowest BCUT2D eigenvalue weighted by molar-refractivity contribution is -0.156. The van der Waals surface area contributed by atoms with Gasteiger partial charge in [-0.2, -0.15) is 23.7 Å². The average Bonchev–Trinajstić information content (AvgIpc) is 0.777. The van der Waals surface area contributed by atoms with Crippen molar-refractivity contribution in [3.05, 3.63) is 166 Å². The Balaban J connectivity index is 0.000000213. The molecule has 468 valence electrons. The average molecular weight is 1240 g/mol. The van der Waals surface area contributed by atoms with Crippen LogP contribution in [0.5, 0.6) is 0 Å². The van der Waals surface area contributed by atoms with Crippen LogP contribution in [0.25, 0.3) is 22.3 Å². The van der Waals surface area contributed by atoms with Gasteiger partial charge in [0.05, 0.1) is 34.7 Å². The molecule has 4 unspecified atom stereocenters. The molecule has 19 nitrogen and oxygen atoms in total. The Hall–Kier alpha value is -9.05. The summed E-state index contributed by atoms with van der Waals surface area (Å²) in [5.74, 6) is -4.58. The number of halogens is 7. The molecule has 4 atom stereocenters. The van der Waals surface area contributed by atoms with Crippen molar-refractivity contribution in [2.45, 2.75) is 56.8 Å². The van der Waals surface area contributed by atoms with E-state index >= 15 is 0 Å². The van der Waals surface area contributed by atoms with E-state index in [-0.39, 0.29) is 67.8 Å². The van der Waals surface area contributed by atoms with Gasteiger partial charge in [0.15, 0.2) is 0 Å². The SMILES string of the molecule is CN1CC2CN(C(=O)Nc3cc(F)cc(F)c3)CC(C1)C2(O)c1ccc(-c2ccc(CN)cc2C#N)cn1.CN1CC2CN(C(=O)Nc3cc(F)cc(F)c3)CC(C1)C2(O)c1ccc(-c2ccc(CNC(=O)OC(C)(C)C)cc2C#N)cn1.O=CC(F)(F)F. The highest BCUT2D eigenvalue weighted by molar-refractivity contribution is 5.90. The fourth-order valence-corrected chi connectivity index (χ4v) is 11.9. The van der Waals surface area contributed by atoms with Gasteiger partial charge in [-0.25, -0.2) is 31.9 Å². The molecule has 5 amide bonds. The van der Waals surface area contributed by atoms with E-state index in [4.69, 9.17) is 15.3 Å². The van der Waals surface area contributed by atoms with Crippen molar-refractivity contribution >= 4 is 35.8 Å². The topological polar surface area (TPSA) is 266 Å². The van der Waals surface area contributed by atoms with Crippen LogP contribution in [0.1, 0.15) is 54.4 Å². The van der Waals surface area contributed by atoms with Crippen LogP contribution in [-0.2, 0) is 33.8 Å². The van der Waals surface area contributed by atoms with E-state index < -0.39 is 70.7 Å². The van der Waals surface area contributed by atoms with Crippen LogP contribution in [0.2, 0.25) is 0 Å². The number of nitriles is 2. The Labute approximate surface area is 508 Å². The van der Waals surface area contributed by atoms with Gasteiger partial charge in [-0.05, 0) is 94.5 Å². The summed E-state index contributed by atoms with van der Waals surface area (Å²) in [6.45, 7) is 8.85. The second kappa shape index (κ2) is 27.1. The molecule has 0 aliphatic carbocycles. The third-order valence-electron chi connectivity index (χ3n) is 15.8. The molecule has 4 saturated heterocycles. The van der Waals surface area contributed by atoms with Crippen molar-refractivity contribution in [1.82, 2.24) is 34.9 Å². The van der Waals surface area contributed by atoms with Crippen LogP contribution in [0.15, 0.2) is 109 Å². The van der Waals surface area contributed by atoms with Crippen LogP contribution >= 0.6 is 0 Å². The van der Waals surface area contributed by atoms with Crippen LogP contribution in [-0.4, -0.2) is 142 Å². The number of likely N-dealkylation sites (tertiary alicyclic amines) is 4. The number of rotatable bonds is 9. The number of pyridine rings is 2. The number of benzene rings is 4. The number of aldehydes is 1. The molecule has 2 aromatic heterocycles. The van der Waals surface area contributed by atoms with Gasteiger partial charge in [-0.3, -0.25) is 14.8 Å². The van der Waals surface area contributed by atoms with Crippen molar-refractivity contribution in [3.63, 3.8) is 0 Å². The van der Waals surface area contributed by atoms with Crippen molar-refractivity contribution in [2.24, 2.45) is 29.4 Å². The minimum absolute atomic E-state index is 0.0157. The summed E-state index contributed by atoms with van der Waals surface area (Å²) in [6, 6.07) is 27.1. The lowest BCUT2D eigenvalue weighted by Crippen LogP contribution is -2.66. The summed E-state index contributed by atoms with van der Waals surface area (Å²) >= 11 is 0. The first-order chi connectivity index (χ1) is 42.0. The molecule has 89 heavy (non-hydrogen) atoms. The Kier molecular flexibility index (Phi) is 20.1. The molecule has 4 aliphatic heterocycles. The number of hydrogen-bond donors (Lipinski definition) is 6. The van der Waals surface area contributed by atoms with E-state index in [1.807, 2.05) is 44.4 Å². The molecule has 7 N–H and O–H groups in total. The van der Waals surface area contributed by atoms with Crippen molar-refractivity contribution < 1.29 is 64.9 Å². The summed E-state index contributed by atoms with van der Waals surface area (Å²) in [7, 11) is 3.92. The number of carbonyl (C=O) groups is 4. The number of anilines is 2. The number of carbonyl (C=O) groups excluding carboxylic acids is 4. The van der Waals surface area contributed by atoms with Crippen molar-refractivity contribution in [1.29, 1.82) is 10.5 Å². The number of alkyl halides is 3. The maximum Gasteiger partial charge on any atom is 0.446 e. The van der Waals surface area contributed by atoms with Crippen LogP contribution in [0.4, 0.5) is 56.5 Å². The quantitative estimate of drug-likeness (QED) is 0.0583. The van der Waals surface area contributed by atoms with Crippen LogP contribution < -0.4 is 21.7 Å². The standard InChI is InChI=1S/C33H36F2N6O4.C28H28F2N6O2.C2HF3O/c1-32(2,3)45-31(43)38-14-20-5-7-28(22(9-20)13-36)21-6-8-29(37-15-21)33(44)23-16-40(4)17-24(33)19-41(18-23)30(42)39-27-11-25(34)10-26(35)12-27;1-35-13-20-15-36(27(37)34-24-8-22(29)7-23(30)9-24)16-21(14-35)28(20,38)26-5-3-18(12-33-26)25-4-2-17(10-31)6-19(25)11-32;3-2(4,5)1-6/h5-12,15,23-24,44H,14,16-19H2,1-4H3,(H,38,43)(H,39,42);2-9,12,20-21,38H,10,13-16,31H2,1H3,(H,34,37);1H. The van der Waals surface area contributed by atoms with E-state index in [0.717, 1.165) is 58.7 Å². The molecule has 10 rings (SSSR count). The Morgan fingerprint density at radius 2 is 1.00 bits per heavy atom. The molecular formula is C63H65F7N12O7. The fourth-order valence-electron chi connectivity index (χ4n) is 11.9. The van der Waals surface area contributed by atoms with E-state index in [2.05, 4.69) is 47.9 Å². The number of ether oxygens (including phenoxy) is 1. The summed E-state index contributed by atoms with van der Waals surface area (Å²) < 4.78 is 91.0. The minimum Gasteiger partial charge on any atom is -0.444 e. The van der Waals surface area contributed by atoms with Gasteiger partial charge in [0.1, 0.15) is 40.1 Å². The van der Waals surface area contributed by atoms with Crippen molar-refractivity contribution in [2.75, 3.05) is 77.1 Å². The van der Waals surface area contributed by atoms with Gasteiger partial charge in [-0.1, -0.05) is 36.4 Å². The number of amides is 5. The molecule has 4 bridgehead atoms. The fraction of sp³-hybridized carbons (Fsp3) is 0.365. The smallest absolute Gasteiger partial charge is 0.444 e. The zero-order valence-corrected chi connectivity index (χ0v) is 49.1. The number of piperidine rings is 4. The van der Waals surface area contributed by atoms with E-state index in [0.29, 0.717) is 66.4 Å². The molecule has 26 heteroatoms. The normalized spacial score (nSPS) is 21.5. The van der Waals surface area contributed by atoms with E-state index in [1.54, 1.807) is 73.3 Å². The number of aromatic nitrogens is 2. The first-order valence-corrected chi connectivity index (χ1v) is 28.1. The van der Waals surface area contributed by atoms with Gasteiger partial charge in [0.2, 0.25) is 6.29 Å².